The van der Waals surface area contributed by atoms with Crippen LogP contribution in [-0.4, -0.2) is 20.1 Å². The Morgan fingerprint density at radius 3 is 2.00 bits per heavy atom. The average molecular weight is 335 g/mol. The van der Waals surface area contributed by atoms with Crippen molar-refractivity contribution in [2.75, 3.05) is 20.1 Å². The zero-order chi connectivity index (χ0) is 14.8. The van der Waals surface area contributed by atoms with Crippen LogP contribution in [0.5, 0.6) is 23.0 Å². The Balaban J connectivity index is 0.00000156. The molecule has 0 bridgehead atoms. The van der Waals surface area contributed by atoms with Crippen molar-refractivity contribution in [2.24, 2.45) is 0 Å². The SMILES string of the molecule is [Cl-].c1cc2c(cc1CCNCc1ccc3c(c1)OCO3)OCO2. The van der Waals surface area contributed by atoms with E-state index in [-0.39, 0.29) is 12.4 Å². The summed E-state index contributed by atoms with van der Waals surface area (Å²) >= 11 is 0. The molecule has 23 heavy (non-hydrogen) atoms. The second-order valence-corrected chi connectivity index (χ2v) is 5.30. The predicted molar refractivity (Wildman–Crippen MR) is 80.5 cm³/mol. The van der Waals surface area contributed by atoms with E-state index in [1.165, 1.54) is 11.1 Å². The summed E-state index contributed by atoms with van der Waals surface area (Å²) in [5.74, 6) is 3.32. The number of hydrogen-bond donors (Lipinski definition) is 1. The zero-order valence-corrected chi connectivity index (χ0v) is 13.3. The minimum absolute atomic E-state index is 0. The van der Waals surface area contributed by atoms with E-state index in [1.807, 2.05) is 24.3 Å². The first-order valence-corrected chi connectivity index (χ1v) is 7.36. The van der Waals surface area contributed by atoms with Gasteiger partial charge in [-0.05, 0) is 48.4 Å². The van der Waals surface area contributed by atoms with Crippen molar-refractivity contribution < 1.29 is 31.4 Å². The van der Waals surface area contributed by atoms with Gasteiger partial charge in [0.25, 0.3) is 0 Å². The third-order valence-electron chi connectivity index (χ3n) is 3.79. The molecule has 0 spiro atoms. The van der Waals surface area contributed by atoms with Crippen LogP contribution in [0.1, 0.15) is 11.1 Å². The van der Waals surface area contributed by atoms with Crippen LogP contribution in [-0.2, 0) is 13.0 Å². The number of ether oxygens (including phenoxy) is 4. The van der Waals surface area contributed by atoms with Gasteiger partial charge in [0.05, 0.1) is 0 Å². The van der Waals surface area contributed by atoms with Crippen LogP contribution in [0.25, 0.3) is 0 Å². The van der Waals surface area contributed by atoms with E-state index in [0.717, 1.165) is 42.5 Å². The summed E-state index contributed by atoms with van der Waals surface area (Å²) in [7, 11) is 0. The number of hydrogen-bond acceptors (Lipinski definition) is 5. The Kier molecular flexibility index (Phi) is 4.79. The molecule has 0 aliphatic carbocycles. The van der Waals surface area contributed by atoms with Crippen molar-refractivity contribution in [1.82, 2.24) is 5.32 Å². The van der Waals surface area contributed by atoms with Gasteiger partial charge in [-0.15, -0.1) is 0 Å². The molecule has 2 aliphatic heterocycles. The van der Waals surface area contributed by atoms with Gasteiger partial charge in [0.1, 0.15) is 0 Å². The lowest BCUT2D eigenvalue weighted by molar-refractivity contribution is -0.00000753. The van der Waals surface area contributed by atoms with Crippen molar-refractivity contribution in [2.45, 2.75) is 13.0 Å². The van der Waals surface area contributed by atoms with Gasteiger partial charge in [0, 0.05) is 6.54 Å². The number of halogens is 1. The minimum Gasteiger partial charge on any atom is -1.00 e. The van der Waals surface area contributed by atoms with Crippen molar-refractivity contribution in [3.63, 3.8) is 0 Å². The average Bonchev–Trinajstić information content (AvgIpc) is 3.19. The predicted octanol–water partition coefficient (Wildman–Crippen LogP) is -0.520. The second kappa shape index (κ2) is 6.98. The van der Waals surface area contributed by atoms with Gasteiger partial charge in [0.2, 0.25) is 13.6 Å². The largest absolute Gasteiger partial charge is 1.00 e. The molecule has 6 heteroatoms. The van der Waals surface area contributed by atoms with E-state index in [2.05, 4.69) is 17.4 Å². The molecule has 0 atom stereocenters. The lowest BCUT2D eigenvalue weighted by atomic mass is 10.1. The summed E-state index contributed by atoms with van der Waals surface area (Å²) in [4.78, 5) is 0. The lowest BCUT2D eigenvalue weighted by Crippen LogP contribution is -3.00. The molecule has 2 aliphatic rings. The fourth-order valence-corrected chi connectivity index (χ4v) is 2.61. The fraction of sp³-hybridized carbons (Fsp3) is 0.294. The molecule has 2 heterocycles. The minimum atomic E-state index is 0. The van der Waals surface area contributed by atoms with E-state index in [4.69, 9.17) is 18.9 Å². The maximum absolute atomic E-state index is 5.39. The third-order valence-corrected chi connectivity index (χ3v) is 3.79. The Morgan fingerprint density at radius 1 is 0.739 bits per heavy atom. The first kappa shape index (κ1) is 15.8. The highest BCUT2D eigenvalue weighted by Crippen LogP contribution is 2.33. The van der Waals surface area contributed by atoms with Gasteiger partial charge in [0.15, 0.2) is 23.0 Å². The van der Waals surface area contributed by atoms with Crippen LogP contribution in [0.2, 0.25) is 0 Å². The lowest BCUT2D eigenvalue weighted by Gasteiger charge is -2.07. The van der Waals surface area contributed by atoms with Crippen molar-refractivity contribution in [1.29, 1.82) is 0 Å². The van der Waals surface area contributed by atoms with Crippen LogP contribution >= 0.6 is 0 Å². The van der Waals surface area contributed by atoms with E-state index < -0.39 is 0 Å². The topological polar surface area (TPSA) is 49.0 Å². The molecule has 0 aromatic heterocycles. The van der Waals surface area contributed by atoms with Crippen molar-refractivity contribution in [3.8, 4) is 23.0 Å². The number of rotatable bonds is 5. The summed E-state index contributed by atoms with van der Waals surface area (Å²) < 4.78 is 21.4. The first-order chi connectivity index (χ1) is 10.9. The molecule has 2 aromatic rings. The standard InChI is InChI=1S/C17H17NO4.ClH/c1-3-14-16(21-10-19-14)7-12(1)5-6-18-9-13-2-4-15-17(8-13)22-11-20-15;/h1-4,7-8,18H,5-6,9-11H2;1H/p-1. The highest BCUT2D eigenvalue weighted by Gasteiger charge is 2.14. The summed E-state index contributed by atoms with van der Waals surface area (Å²) in [5, 5.41) is 3.44. The first-order valence-electron chi connectivity index (χ1n) is 7.36. The van der Waals surface area contributed by atoms with E-state index in [0.29, 0.717) is 13.6 Å². The number of fused-ring (bicyclic) bond motifs is 2. The van der Waals surface area contributed by atoms with Gasteiger partial charge < -0.3 is 36.7 Å². The second-order valence-electron chi connectivity index (χ2n) is 5.30. The van der Waals surface area contributed by atoms with Crippen LogP contribution in [0, 0.1) is 0 Å². The van der Waals surface area contributed by atoms with Gasteiger partial charge >= 0.3 is 0 Å². The summed E-state index contributed by atoms with van der Waals surface area (Å²) in [6.07, 6.45) is 0.946. The Labute approximate surface area is 140 Å². The molecule has 0 amide bonds. The zero-order valence-electron chi connectivity index (χ0n) is 12.5. The Hall–Kier alpha value is -2.11. The van der Waals surface area contributed by atoms with Gasteiger partial charge in [-0.25, -0.2) is 0 Å². The molecule has 122 valence electrons. The fourth-order valence-electron chi connectivity index (χ4n) is 2.61. The van der Waals surface area contributed by atoms with E-state index in [1.54, 1.807) is 0 Å². The summed E-state index contributed by atoms with van der Waals surface area (Å²) in [6.45, 7) is 2.34. The maximum atomic E-state index is 5.39. The van der Waals surface area contributed by atoms with Gasteiger partial charge in [-0.2, -0.15) is 0 Å². The monoisotopic (exact) mass is 334 g/mol. The highest BCUT2D eigenvalue weighted by atomic mass is 35.5. The highest BCUT2D eigenvalue weighted by molar-refractivity contribution is 5.45. The summed E-state index contributed by atoms with van der Waals surface area (Å²) in [5.41, 5.74) is 2.43. The molecule has 0 unspecified atom stereocenters. The van der Waals surface area contributed by atoms with E-state index >= 15 is 0 Å². The maximum Gasteiger partial charge on any atom is 0.231 e. The van der Waals surface area contributed by atoms with Crippen LogP contribution in [0.15, 0.2) is 36.4 Å². The molecule has 1 N–H and O–H groups in total. The van der Waals surface area contributed by atoms with Crippen LogP contribution in [0.4, 0.5) is 0 Å². The smallest absolute Gasteiger partial charge is 0.231 e. The van der Waals surface area contributed by atoms with Crippen molar-refractivity contribution in [3.05, 3.63) is 47.5 Å². The van der Waals surface area contributed by atoms with Crippen LogP contribution < -0.4 is 36.7 Å². The molecule has 4 rings (SSSR count). The number of nitrogens with one attached hydrogen (secondary N) is 1. The van der Waals surface area contributed by atoms with E-state index in [9.17, 15) is 0 Å². The Bertz CT molecular complexity index is 633. The normalized spacial score (nSPS) is 13.7. The van der Waals surface area contributed by atoms with Gasteiger partial charge in [-0.3, -0.25) is 0 Å². The molecule has 5 nitrogen and oxygen atoms in total. The quantitative estimate of drug-likeness (QED) is 0.746. The molecule has 0 saturated heterocycles. The molecule has 0 fully saturated rings. The third kappa shape index (κ3) is 3.46. The molecular weight excluding hydrogens is 318 g/mol. The number of benzene rings is 2. The van der Waals surface area contributed by atoms with Gasteiger partial charge in [-0.1, -0.05) is 12.1 Å². The molecule has 0 radical (unpaired) electrons. The Morgan fingerprint density at radius 2 is 1.30 bits per heavy atom. The van der Waals surface area contributed by atoms with Crippen molar-refractivity contribution >= 4 is 0 Å². The summed E-state index contributed by atoms with van der Waals surface area (Å²) in [6, 6.07) is 12.1. The molecule has 0 saturated carbocycles. The molecule has 2 aromatic carbocycles. The van der Waals surface area contributed by atoms with Crippen LogP contribution in [0.3, 0.4) is 0 Å². The molecular formula is C17H17ClNO4-.